The van der Waals surface area contributed by atoms with Crippen LogP contribution >= 0.6 is 0 Å². The average molecular weight is 341 g/mol. The number of nitrogens with zero attached hydrogens (tertiary/aromatic N) is 2. The molecule has 2 N–H and O–H groups in total. The Morgan fingerprint density at radius 3 is 2.44 bits per heavy atom. The van der Waals surface area contributed by atoms with Crippen LogP contribution in [0.1, 0.15) is 43.7 Å². The molecule has 3 fully saturated rings. The van der Waals surface area contributed by atoms with Gasteiger partial charge in [-0.1, -0.05) is 36.8 Å². The maximum atomic E-state index is 13.4. The van der Waals surface area contributed by atoms with Crippen molar-refractivity contribution in [2.45, 2.75) is 44.2 Å². The minimum Gasteiger partial charge on any atom is -0.333 e. The van der Waals surface area contributed by atoms with Crippen LogP contribution in [0.3, 0.4) is 0 Å². The first-order valence-corrected chi connectivity index (χ1v) is 9.93. The molecule has 25 heavy (non-hydrogen) atoms. The largest absolute Gasteiger partial charge is 0.333 e. The molecule has 1 aromatic rings. The van der Waals surface area contributed by atoms with Crippen LogP contribution in [0.4, 0.5) is 0 Å². The van der Waals surface area contributed by atoms with Gasteiger partial charge in [0.25, 0.3) is 0 Å². The minimum absolute atomic E-state index is 0.183. The molecule has 0 spiro atoms. The van der Waals surface area contributed by atoms with Crippen LogP contribution in [-0.4, -0.2) is 48.4 Å². The molecule has 4 rings (SSSR count). The summed E-state index contributed by atoms with van der Waals surface area (Å²) in [5.74, 6) is 1.68. The van der Waals surface area contributed by atoms with Gasteiger partial charge >= 0.3 is 0 Å². The van der Waals surface area contributed by atoms with Gasteiger partial charge in [-0.15, -0.1) is 0 Å². The fourth-order valence-corrected chi connectivity index (χ4v) is 5.37. The molecule has 4 nitrogen and oxygen atoms in total. The molecule has 0 aromatic heterocycles. The predicted molar refractivity (Wildman–Crippen MR) is 99.9 cm³/mol. The number of carbonyl (C=O) groups is 1. The van der Waals surface area contributed by atoms with Crippen LogP contribution in [0.5, 0.6) is 0 Å². The summed E-state index contributed by atoms with van der Waals surface area (Å²) < 4.78 is 0. The molecule has 1 aromatic carbocycles. The van der Waals surface area contributed by atoms with Crippen molar-refractivity contribution in [3.8, 4) is 0 Å². The zero-order chi connectivity index (χ0) is 17.4. The predicted octanol–water partition coefficient (Wildman–Crippen LogP) is 2.66. The molecule has 3 unspecified atom stereocenters. The monoisotopic (exact) mass is 341 g/mol. The first-order chi connectivity index (χ1) is 12.1. The van der Waals surface area contributed by atoms with Crippen LogP contribution < -0.4 is 5.73 Å². The summed E-state index contributed by atoms with van der Waals surface area (Å²) in [7, 11) is 2.15. The molecule has 1 aliphatic heterocycles. The SMILES string of the molecule is CN1CCN(C(=O)C2CC3CCCC(C2)C3N)C(c2ccccc2)C1. The highest BCUT2D eigenvalue weighted by Crippen LogP contribution is 2.43. The molecule has 4 heteroatoms. The quantitative estimate of drug-likeness (QED) is 0.900. The number of hydrogen-bond acceptors (Lipinski definition) is 3. The lowest BCUT2D eigenvalue weighted by Gasteiger charge is -2.47. The van der Waals surface area contributed by atoms with E-state index >= 15 is 0 Å². The third-order valence-corrected chi connectivity index (χ3v) is 6.81. The van der Waals surface area contributed by atoms with Crippen molar-refractivity contribution in [3.05, 3.63) is 35.9 Å². The molecule has 1 amide bonds. The van der Waals surface area contributed by atoms with Crippen molar-refractivity contribution in [1.82, 2.24) is 9.80 Å². The fourth-order valence-electron chi connectivity index (χ4n) is 5.37. The molecule has 3 aliphatic rings. The summed E-state index contributed by atoms with van der Waals surface area (Å²) in [6.45, 7) is 2.73. The van der Waals surface area contributed by atoms with Gasteiger partial charge in [-0.3, -0.25) is 4.79 Å². The molecular formula is C21H31N3O. The number of likely N-dealkylation sites (N-methyl/N-ethyl adjacent to an activating group) is 1. The molecule has 2 aliphatic carbocycles. The molecule has 2 saturated carbocycles. The number of benzene rings is 1. The Bertz CT molecular complexity index is 590. The Balaban J connectivity index is 1.53. The summed E-state index contributed by atoms with van der Waals surface area (Å²) in [5, 5.41) is 0. The zero-order valence-corrected chi connectivity index (χ0v) is 15.3. The number of piperazine rings is 1. The lowest BCUT2D eigenvalue weighted by atomic mass is 9.65. The van der Waals surface area contributed by atoms with Crippen LogP contribution in [0.15, 0.2) is 30.3 Å². The highest BCUT2D eigenvalue weighted by Gasteiger charge is 2.43. The van der Waals surface area contributed by atoms with Gasteiger partial charge in [0.1, 0.15) is 0 Å². The Morgan fingerprint density at radius 1 is 1.08 bits per heavy atom. The Kier molecular flexibility index (Phi) is 4.83. The van der Waals surface area contributed by atoms with Crippen LogP contribution in [0.2, 0.25) is 0 Å². The third-order valence-electron chi connectivity index (χ3n) is 6.81. The van der Waals surface area contributed by atoms with E-state index in [2.05, 4.69) is 41.1 Å². The second-order valence-electron chi connectivity index (χ2n) is 8.42. The van der Waals surface area contributed by atoms with Crippen molar-refractivity contribution in [2.24, 2.45) is 23.5 Å². The van der Waals surface area contributed by atoms with E-state index in [1.807, 2.05) is 6.07 Å². The number of fused-ring (bicyclic) bond motifs is 2. The van der Waals surface area contributed by atoms with Crippen molar-refractivity contribution < 1.29 is 4.79 Å². The lowest BCUT2D eigenvalue weighted by molar-refractivity contribution is -0.143. The normalized spacial score (nSPS) is 36.2. The first kappa shape index (κ1) is 17.0. The Hall–Kier alpha value is -1.39. The second kappa shape index (κ2) is 7.08. The van der Waals surface area contributed by atoms with Gasteiger partial charge in [-0.2, -0.15) is 0 Å². The molecule has 1 heterocycles. The molecule has 0 radical (unpaired) electrons. The molecule has 1 saturated heterocycles. The van der Waals surface area contributed by atoms with Gasteiger partial charge in [-0.05, 0) is 50.1 Å². The smallest absolute Gasteiger partial charge is 0.226 e. The van der Waals surface area contributed by atoms with Crippen LogP contribution in [0, 0.1) is 17.8 Å². The van der Waals surface area contributed by atoms with E-state index in [0.29, 0.717) is 23.8 Å². The Labute approximate surface area is 151 Å². The number of nitrogens with two attached hydrogens (primary N) is 1. The summed E-state index contributed by atoms with van der Waals surface area (Å²) >= 11 is 0. The summed E-state index contributed by atoms with van der Waals surface area (Å²) in [6.07, 6.45) is 5.73. The van der Waals surface area contributed by atoms with E-state index < -0.39 is 0 Å². The topological polar surface area (TPSA) is 49.6 Å². The van der Waals surface area contributed by atoms with E-state index in [1.54, 1.807) is 0 Å². The maximum Gasteiger partial charge on any atom is 0.226 e. The van der Waals surface area contributed by atoms with Gasteiger partial charge in [0.2, 0.25) is 5.91 Å². The maximum absolute atomic E-state index is 13.4. The highest BCUT2D eigenvalue weighted by molar-refractivity contribution is 5.79. The number of amides is 1. The Morgan fingerprint density at radius 2 is 1.76 bits per heavy atom. The average Bonchev–Trinajstić information content (AvgIpc) is 2.61. The molecular weight excluding hydrogens is 310 g/mol. The second-order valence-corrected chi connectivity index (χ2v) is 8.42. The number of rotatable bonds is 2. The number of carbonyl (C=O) groups excluding carboxylic acids is 1. The van der Waals surface area contributed by atoms with Gasteiger partial charge in [0, 0.05) is 31.6 Å². The van der Waals surface area contributed by atoms with Gasteiger partial charge in [-0.25, -0.2) is 0 Å². The standard InChI is InChI=1S/C21H31N3O/c1-23-10-11-24(19(14-23)15-6-3-2-4-7-15)21(25)18-12-16-8-5-9-17(13-18)20(16)22/h2-4,6-7,16-20H,5,8-14,22H2,1H3. The highest BCUT2D eigenvalue weighted by atomic mass is 16.2. The lowest BCUT2D eigenvalue weighted by Crippen LogP contribution is -2.54. The van der Waals surface area contributed by atoms with Crippen molar-refractivity contribution >= 4 is 5.91 Å². The van der Waals surface area contributed by atoms with Gasteiger partial charge < -0.3 is 15.5 Å². The number of hydrogen-bond donors (Lipinski definition) is 1. The first-order valence-electron chi connectivity index (χ1n) is 9.93. The van der Waals surface area contributed by atoms with Crippen LogP contribution in [0.25, 0.3) is 0 Å². The third kappa shape index (κ3) is 3.34. The molecule has 136 valence electrons. The van der Waals surface area contributed by atoms with E-state index in [4.69, 9.17) is 5.73 Å². The summed E-state index contributed by atoms with van der Waals surface area (Å²) in [5.41, 5.74) is 7.69. The van der Waals surface area contributed by atoms with E-state index in [-0.39, 0.29) is 12.0 Å². The van der Waals surface area contributed by atoms with E-state index in [0.717, 1.165) is 32.5 Å². The fraction of sp³-hybridized carbons (Fsp3) is 0.667. The van der Waals surface area contributed by atoms with Gasteiger partial charge in [0.05, 0.1) is 6.04 Å². The molecule has 3 atom stereocenters. The van der Waals surface area contributed by atoms with Crippen molar-refractivity contribution in [3.63, 3.8) is 0 Å². The zero-order valence-electron chi connectivity index (χ0n) is 15.3. The summed E-state index contributed by atoms with van der Waals surface area (Å²) in [6, 6.07) is 11.0. The van der Waals surface area contributed by atoms with Gasteiger partial charge in [0.15, 0.2) is 0 Å². The van der Waals surface area contributed by atoms with Crippen molar-refractivity contribution in [2.75, 3.05) is 26.7 Å². The van der Waals surface area contributed by atoms with Crippen molar-refractivity contribution in [1.29, 1.82) is 0 Å². The molecule has 2 bridgehead atoms. The van der Waals surface area contributed by atoms with Crippen LogP contribution in [-0.2, 0) is 4.79 Å². The van der Waals surface area contributed by atoms with E-state index in [1.165, 1.54) is 24.8 Å². The van der Waals surface area contributed by atoms with E-state index in [9.17, 15) is 4.79 Å². The summed E-state index contributed by atoms with van der Waals surface area (Å²) in [4.78, 5) is 18.0. The minimum atomic E-state index is 0.183.